The predicted molar refractivity (Wildman–Crippen MR) is 105 cm³/mol. The minimum Gasteiger partial charge on any atom is -0.443 e. The maximum Gasteiger partial charge on any atom is 0.416 e. The summed E-state index contributed by atoms with van der Waals surface area (Å²) in [5, 5.41) is 4.36. The molecule has 2 aromatic heterocycles. The van der Waals surface area contributed by atoms with Gasteiger partial charge in [0.2, 0.25) is 5.92 Å². The molecule has 29 heavy (non-hydrogen) atoms. The lowest BCUT2D eigenvalue weighted by Crippen LogP contribution is -2.47. The van der Waals surface area contributed by atoms with Crippen molar-refractivity contribution in [3.8, 4) is 5.95 Å². The zero-order valence-electron chi connectivity index (χ0n) is 16.8. The van der Waals surface area contributed by atoms with Crippen LogP contribution in [0.5, 0.6) is 0 Å². The number of amides is 1. The van der Waals surface area contributed by atoms with E-state index in [2.05, 4.69) is 15.1 Å². The number of nitrogens with zero attached hydrogens (tertiary/aromatic N) is 5. The molecule has 10 heteroatoms. The average Bonchev–Trinajstić information content (AvgIpc) is 3.01. The van der Waals surface area contributed by atoms with Gasteiger partial charge in [-0.2, -0.15) is 15.1 Å². The Kier molecular flexibility index (Phi) is 5.80. The van der Waals surface area contributed by atoms with Crippen LogP contribution in [-0.2, 0) is 4.74 Å². The van der Waals surface area contributed by atoms with Gasteiger partial charge in [-0.05, 0) is 46.6 Å². The fourth-order valence-corrected chi connectivity index (χ4v) is 3.34. The van der Waals surface area contributed by atoms with Crippen LogP contribution < -0.4 is 4.90 Å². The molecule has 2 aromatic rings. The van der Waals surface area contributed by atoms with Crippen molar-refractivity contribution in [1.29, 1.82) is 0 Å². The highest BCUT2D eigenvalue weighted by atomic mass is 35.5. The molecule has 3 rings (SSSR count). The summed E-state index contributed by atoms with van der Waals surface area (Å²) in [5.74, 6) is -2.36. The van der Waals surface area contributed by atoms with Gasteiger partial charge in [-0.1, -0.05) is 11.6 Å². The van der Waals surface area contributed by atoms with Crippen LogP contribution in [0, 0.1) is 6.92 Å². The Labute approximate surface area is 173 Å². The Balaban J connectivity index is 1.99. The summed E-state index contributed by atoms with van der Waals surface area (Å²) in [6.45, 7) is 7.03. The zero-order valence-corrected chi connectivity index (χ0v) is 17.6. The maximum absolute atomic E-state index is 13.7. The number of aromatic nitrogens is 4. The molecule has 0 unspecified atom stereocenters. The molecule has 0 spiro atoms. The molecular weight excluding hydrogens is 404 g/mol. The molecule has 1 aliphatic rings. The lowest BCUT2D eigenvalue weighted by atomic mass is 9.91. The van der Waals surface area contributed by atoms with E-state index >= 15 is 0 Å². The summed E-state index contributed by atoms with van der Waals surface area (Å²) in [6, 6.07) is 2.72. The summed E-state index contributed by atoms with van der Waals surface area (Å²) in [6.07, 6.45) is 0.657. The van der Waals surface area contributed by atoms with Crippen molar-refractivity contribution in [2.45, 2.75) is 70.9 Å². The van der Waals surface area contributed by atoms with Crippen molar-refractivity contribution in [2.24, 2.45) is 0 Å². The molecule has 2 heterocycles. The number of anilines is 1. The molecule has 1 amide bonds. The number of hydrogen-bond acceptors (Lipinski definition) is 5. The monoisotopic (exact) mass is 427 g/mol. The second-order valence-electron chi connectivity index (χ2n) is 8.19. The summed E-state index contributed by atoms with van der Waals surface area (Å²) < 4.78 is 34.3. The highest BCUT2D eigenvalue weighted by Gasteiger charge is 2.40. The van der Waals surface area contributed by atoms with Crippen LogP contribution >= 0.6 is 11.6 Å². The number of rotatable bonds is 3. The van der Waals surface area contributed by atoms with Crippen molar-refractivity contribution in [2.75, 3.05) is 4.90 Å². The Bertz CT molecular complexity index is 887. The third-order valence-electron chi connectivity index (χ3n) is 4.49. The third kappa shape index (κ3) is 5.41. The van der Waals surface area contributed by atoms with Gasteiger partial charge in [-0.25, -0.2) is 18.3 Å². The second kappa shape index (κ2) is 7.85. The summed E-state index contributed by atoms with van der Waals surface area (Å²) in [7, 11) is 0. The van der Waals surface area contributed by atoms with Crippen LogP contribution in [0.25, 0.3) is 5.95 Å². The number of aryl methyl sites for hydroxylation is 1. The number of hydrogen-bond donors (Lipinski definition) is 0. The third-order valence-corrected chi connectivity index (χ3v) is 4.68. The largest absolute Gasteiger partial charge is 0.443 e. The Morgan fingerprint density at radius 2 is 1.97 bits per heavy atom. The number of carbonyl (C=O) groups excluding carboxylic acids is 1. The van der Waals surface area contributed by atoms with E-state index < -0.39 is 23.7 Å². The quantitative estimate of drug-likeness (QED) is 0.648. The summed E-state index contributed by atoms with van der Waals surface area (Å²) >= 11 is 6.18. The minimum atomic E-state index is -2.73. The molecule has 0 aliphatic heterocycles. The smallest absolute Gasteiger partial charge is 0.416 e. The number of alkyl halides is 2. The van der Waals surface area contributed by atoms with Crippen molar-refractivity contribution < 1.29 is 18.3 Å². The highest BCUT2D eigenvalue weighted by Crippen LogP contribution is 2.37. The van der Waals surface area contributed by atoms with E-state index in [9.17, 15) is 13.6 Å². The zero-order chi connectivity index (χ0) is 21.4. The van der Waals surface area contributed by atoms with Gasteiger partial charge in [-0.3, -0.25) is 4.90 Å². The second-order valence-corrected chi connectivity index (χ2v) is 8.58. The molecule has 0 N–H and O–H groups in total. The first-order valence-electron chi connectivity index (χ1n) is 9.41. The van der Waals surface area contributed by atoms with Crippen LogP contribution in [0.15, 0.2) is 18.3 Å². The molecule has 0 aromatic carbocycles. The van der Waals surface area contributed by atoms with Gasteiger partial charge in [0.25, 0.3) is 5.95 Å². The molecule has 1 saturated carbocycles. The molecule has 0 saturated heterocycles. The van der Waals surface area contributed by atoms with E-state index in [0.717, 1.165) is 5.69 Å². The molecule has 0 radical (unpaired) electrons. The van der Waals surface area contributed by atoms with Gasteiger partial charge < -0.3 is 4.74 Å². The highest BCUT2D eigenvalue weighted by molar-refractivity contribution is 6.29. The Hall–Kier alpha value is -2.29. The van der Waals surface area contributed by atoms with Crippen LogP contribution in [0.4, 0.5) is 19.4 Å². The van der Waals surface area contributed by atoms with Crippen LogP contribution in [0.3, 0.4) is 0 Å². The van der Waals surface area contributed by atoms with Crippen molar-refractivity contribution in [3.05, 3.63) is 29.2 Å². The van der Waals surface area contributed by atoms with Gasteiger partial charge >= 0.3 is 6.09 Å². The molecular formula is C19H24ClF2N5O2. The van der Waals surface area contributed by atoms with E-state index in [1.165, 1.54) is 15.6 Å². The van der Waals surface area contributed by atoms with E-state index in [1.807, 2.05) is 6.92 Å². The maximum atomic E-state index is 13.7. The van der Waals surface area contributed by atoms with Crippen LogP contribution in [-0.4, -0.2) is 43.4 Å². The summed E-state index contributed by atoms with van der Waals surface area (Å²) in [5.41, 5.74) is 0.000742. The standard InChI is InChI=1S/C19H24ClF2N5O2/c1-12-7-10-26(25-12)16-23-14(20)11-15(24-16)27(17(28)29-18(2,3)4)13-5-8-19(21,22)9-6-13/h7,10-11,13H,5-6,8-9H2,1-4H3. The van der Waals surface area contributed by atoms with Gasteiger partial charge in [0.05, 0.1) is 5.69 Å². The van der Waals surface area contributed by atoms with Crippen molar-refractivity contribution >= 4 is 23.5 Å². The van der Waals surface area contributed by atoms with E-state index in [-0.39, 0.29) is 42.6 Å². The summed E-state index contributed by atoms with van der Waals surface area (Å²) in [4.78, 5) is 22.9. The van der Waals surface area contributed by atoms with Gasteiger partial charge in [0, 0.05) is 31.1 Å². The van der Waals surface area contributed by atoms with Crippen molar-refractivity contribution in [3.63, 3.8) is 0 Å². The SMILES string of the molecule is Cc1ccn(-c2nc(Cl)cc(N(C(=O)OC(C)(C)C)C3CCC(F)(F)CC3)n2)n1. The van der Waals surface area contributed by atoms with Crippen LogP contribution in [0.1, 0.15) is 52.1 Å². The molecule has 0 atom stereocenters. The molecule has 158 valence electrons. The first kappa shape index (κ1) is 21.4. The molecule has 1 aliphatic carbocycles. The average molecular weight is 428 g/mol. The molecule has 7 nitrogen and oxygen atoms in total. The minimum absolute atomic E-state index is 0.104. The predicted octanol–water partition coefficient (Wildman–Crippen LogP) is 4.94. The van der Waals surface area contributed by atoms with Gasteiger partial charge in [0.1, 0.15) is 16.6 Å². The topological polar surface area (TPSA) is 73.1 Å². The van der Waals surface area contributed by atoms with Gasteiger partial charge in [-0.15, -0.1) is 0 Å². The first-order valence-corrected chi connectivity index (χ1v) is 9.79. The number of halogens is 3. The normalized spacial score (nSPS) is 17.2. The number of ether oxygens (including phenoxy) is 1. The Morgan fingerprint density at radius 3 is 2.52 bits per heavy atom. The lowest BCUT2D eigenvalue weighted by Gasteiger charge is -2.36. The van der Waals surface area contributed by atoms with E-state index in [1.54, 1.807) is 33.0 Å². The number of carbonyl (C=O) groups is 1. The van der Waals surface area contributed by atoms with Gasteiger partial charge in [0.15, 0.2) is 0 Å². The fraction of sp³-hybridized carbons (Fsp3) is 0.579. The Morgan fingerprint density at radius 1 is 1.31 bits per heavy atom. The fourth-order valence-electron chi connectivity index (χ4n) is 3.17. The van der Waals surface area contributed by atoms with E-state index in [0.29, 0.717) is 0 Å². The van der Waals surface area contributed by atoms with Crippen molar-refractivity contribution in [1.82, 2.24) is 19.7 Å². The van der Waals surface area contributed by atoms with E-state index in [4.69, 9.17) is 16.3 Å². The first-order chi connectivity index (χ1) is 13.4. The lowest BCUT2D eigenvalue weighted by molar-refractivity contribution is -0.0388. The molecule has 0 bridgehead atoms. The van der Waals surface area contributed by atoms with Crippen LogP contribution in [0.2, 0.25) is 5.15 Å². The molecule has 1 fully saturated rings.